The average molecular weight is 308 g/mol. The second-order valence-corrected chi connectivity index (χ2v) is 7.69. The minimum atomic E-state index is -0.0974. The molecule has 0 aliphatic heterocycles. The van der Waals surface area contributed by atoms with Crippen molar-refractivity contribution >= 4 is 17.8 Å². The third kappa shape index (κ3) is 8.00. The maximum absolute atomic E-state index is 4.46. The van der Waals surface area contributed by atoms with Gasteiger partial charge in [0.2, 0.25) is 17.8 Å². The Morgan fingerprint density at radius 2 is 1.18 bits per heavy atom. The van der Waals surface area contributed by atoms with Crippen molar-refractivity contribution in [3.63, 3.8) is 0 Å². The van der Waals surface area contributed by atoms with Crippen molar-refractivity contribution in [1.29, 1.82) is 0 Å². The summed E-state index contributed by atoms with van der Waals surface area (Å²) in [4.78, 5) is 13.4. The lowest BCUT2D eigenvalue weighted by molar-refractivity contribution is 0.616. The van der Waals surface area contributed by atoms with Crippen LogP contribution < -0.4 is 16.0 Å². The van der Waals surface area contributed by atoms with Gasteiger partial charge in [-0.25, -0.2) is 0 Å². The summed E-state index contributed by atoms with van der Waals surface area (Å²) in [6.07, 6.45) is 3.52. The minimum absolute atomic E-state index is 0.0974. The largest absolute Gasteiger partial charge is 0.354 e. The Labute approximate surface area is 134 Å². The Morgan fingerprint density at radius 3 is 1.59 bits per heavy atom. The van der Waals surface area contributed by atoms with Crippen LogP contribution in [0.1, 0.15) is 67.7 Å². The van der Waals surface area contributed by atoms with Crippen LogP contribution in [0.15, 0.2) is 0 Å². The van der Waals surface area contributed by atoms with Gasteiger partial charge in [-0.1, -0.05) is 19.8 Å². The topological polar surface area (TPSA) is 74.8 Å². The first-order valence-electron chi connectivity index (χ1n) is 8.15. The second kappa shape index (κ2) is 7.61. The summed E-state index contributed by atoms with van der Waals surface area (Å²) >= 11 is 0. The quantitative estimate of drug-likeness (QED) is 0.663. The van der Waals surface area contributed by atoms with Crippen molar-refractivity contribution in [2.75, 3.05) is 22.5 Å². The maximum Gasteiger partial charge on any atom is 0.229 e. The van der Waals surface area contributed by atoms with E-state index in [9.17, 15) is 0 Å². The highest BCUT2D eigenvalue weighted by atomic mass is 15.3. The molecule has 0 spiro atoms. The zero-order chi connectivity index (χ0) is 16.8. The van der Waals surface area contributed by atoms with Crippen LogP contribution in [-0.2, 0) is 0 Å². The minimum Gasteiger partial charge on any atom is -0.354 e. The first kappa shape index (κ1) is 18.5. The van der Waals surface area contributed by atoms with E-state index in [2.05, 4.69) is 79.4 Å². The van der Waals surface area contributed by atoms with Crippen LogP contribution in [0, 0.1) is 0 Å². The van der Waals surface area contributed by atoms with Gasteiger partial charge in [-0.05, 0) is 48.0 Å². The van der Waals surface area contributed by atoms with Crippen molar-refractivity contribution in [1.82, 2.24) is 15.0 Å². The molecule has 6 nitrogen and oxygen atoms in total. The van der Waals surface area contributed by atoms with E-state index in [1.165, 1.54) is 12.8 Å². The molecule has 0 aliphatic rings. The van der Waals surface area contributed by atoms with Gasteiger partial charge in [-0.2, -0.15) is 15.0 Å². The highest BCUT2D eigenvalue weighted by molar-refractivity contribution is 5.44. The molecule has 0 atom stereocenters. The van der Waals surface area contributed by atoms with E-state index in [4.69, 9.17) is 0 Å². The van der Waals surface area contributed by atoms with Crippen molar-refractivity contribution < 1.29 is 0 Å². The summed E-state index contributed by atoms with van der Waals surface area (Å²) in [5.41, 5.74) is -0.195. The number of unbranched alkanes of at least 4 members (excludes halogenated alkanes) is 2. The van der Waals surface area contributed by atoms with Crippen LogP contribution in [0.2, 0.25) is 0 Å². The summed E-state index contributed by atoms with van der Waals surface area (Å²) in [7, 11) is 0. The Morgan fingerprint density at radius 1 is 0.727 bits per heavy atom. The number of anilines is 3. The number of nitrogens with one attached hydrogen (secondary N) is 3. The van der Waals surface area contributed by atoms with E-state index in [0.717, 1.165) is 13.0 Å². The van der Waals surface area contributed by atoms with Crippen molar-refractivity contribution in [2.24, 2.45) is 0 Å². The zero-order valence-electron chi connectivity index (χ0n) is 15.2. The molecule has 0 aliphatic carbocycles. The lowest BCUT2D eigenvalue weighted by atomic mass is 10.1. The van der Waals surface area contributed by atoms with E-state index < -0.39 is 0 Å². The molecule has 22 heavy (non-hydrogen) atoms. The molecule has 0 fully saturated rings. The smallest absolute Gasteiger partial charge is 0.229 e. The van der Waals surface area contributed by atoms with Crippen LogP contribution in [0.25, 0.3) is 0 Å². The predicted molar refractivity (Wildman–Crippen MR) is 94.6 cm³/mol. The SMILES string of the molecule is CCCCCNc1nc(NC(C)(C)C)nc(NC(C)(C)C)n1. The van der Waals surface area contributed by atoms with Crippen molar-refractivity contribution in [3.8, 4) is 0 Å². The fourth-order valence-corrected chi connectivity index (χ4v) is 1.81. The molecule has 0 unspecified atom stereocenters. The third-order valence-corrected chi connectivity index (χ3v) is 2.67. The summed E-state index contributed by atoms with van der Waals surface area (Å²) in [5, 5.41) is 9.90. The average Bonchev–Trinajstić information content (AvgIpc) is 2.30. The van der Waals surface area contributed by atoms with Gasteiger partial charge in [0, 0.05) is 17.6 Å². The van der Waals surface area contributed by atoms with Gasteiger partial charge in [0.05, 0.1) is 0 Å². The summed E-state index contributed by atoms with van der Waals surface area (Å²) in [6.45, 7) is 15.6. The van der Waals surface area contributed by atoms with Gasteiger partial charge in [-0.3, -0.25) is 0 Å². The van der Waals surface area contributed by atoms with Crippen LogP contribution in [0.4, 0.5) is 17.8 Å². The van der Waals surface area contributed by atoms with E-state index >= 15 is 0 Å². The molecule has 6 heteroatoms. The molecule has 0 amide bonds. The molecule has 0 saturated carbocycles. The molecule has 3 N–H and O–H groups in total. The predicted octanol–water partition coefficient (Wildman–Crippen LogP) is 3.89. The Bertz CT molecular complexity index is 424. The number of rotatable bonds is 7. The summed E-state index contributed by atoms with van der Waals surface area (Å²) < 4.78 is 0. The van der Waals surface area contributed by atoms with Crippen LogP contribution >= 0.6 is 0 Å². The van der Waals surface area contributed by atoms with Crippen LogP contribution in [0.3, 0.4) is 0 Å². The Hall–Kier alpha value is -1.59. The Kier molecular flexibility index (Phi) is 6.38. The first-order chi connectivity index (χ1) is 10.1. The Balaban J connectivity index is 2.89. The third-order valence-electron chi connectivity index (χ3n) is 2.67. The van der Waals surface area contributed by atoms with Gasteiger partial charge in [0.25, 0.3) is 0 Å². The fourth-order valence-electron chi connectivity index (χ4n) is 1.81. The van der Waals surface area contributed by atoms with Crippen LogP contribution in [-0.4, -0.2) is 32.6 Å². The van der Waals surface area contributed by atoms with E-state index in [0.29, 0.717) is 17.8 Å². The van der Waals surface area contributed by atoms with Gasteiger partial charge in [0.1, 0.15) is 0 Å². The fraction of sp³-hybridized carbons (Fsp3) is 0.812. The monoisotopic (exact) mass is 308 g/mol. The van der Waals surface area contributed by atoms with Crippen molar-refractivity contribution in [2.45, 2.75) is 78.8 Å². The molecule has 0 aromatic carbocycles. The molecule has 0 bridgehead atoms. The van der Waals surface area contributed by atoms with Crippen LogP contribution in [0.5, 0.6) is 0 Å². The molecular formula is C16H32N6. The first-order valence-corrected chi connectivity index (χ1v) is 8.15. The summed E-state index contributed by atoms with van der Waals surface area (Å²) in [6, 6.07) is 0. The molecule has 1 heterocycles. The van der Waals surface area contributed by atoms with Gasteiger partial charge < -0.3 is 16.0 Å². The van der Waals surface area contributed by atoms with E-state index in [1.807, 2.05) is 0 Å². The van der Waals surface area contributed by atoms with Gasteiger partial charge in [0.15, 0.2) is 0 Å². The lowest BCUT2D eigenvalue weighted by Gasteiger charge is -2.23. The van der Waals surface area contributed by atoms with Gasteiger partial charge >= 0.3 is 0 Å². The van der Waals surface area contributed by atoms with E-state index in [1.54, 1.807) is 0 Å². The zero-order valence-corrected chi connectivity index (χ0v) is 15.2. The second-order valence-electron chi connectivity index (χ2n) is 7.69. The standard InChI is InChI=1S/C16H32N6/c1-8-9-10-11-17-12-18-13(21-15(2,3)4)20-14(19-12)22-16(5,6)7/h8-11H2,1-7H3,(H3,17,18,19,20,21,22). The maximum atomic E-state index is 4.46. The highest BCUT2D eigenvalue weighted by Gasteiger charge is 2.16. The van der Waals surface area contributed by atoms with Gasteiger partial charge in [-0.15, -0.1) is 0 Å². The molecule has 1 rings (SSSR count). The van der Waals surface area contributed by atoms with E-state index in [-0.39, 0.29) is 11.1 Å². The summed E-state index contributed by atoms with van der Waals surface area (Å²) in [5.74, 6) is 1.80. The number of aromatic nitrogens is 3. The molecular weight excluding hydrogens is 276 g/mol. The highest BCUT2D eigenvalue weighted by Crippen LogP contribution is 2.17. The normalized spacial score (nSPS) is 12.1. The molecule has 0 saturated heterocycles. The number of hydrogen-bond donors (Lipinski definition) is 3. The molecule has 0 radical (unpaired) electrons. The lowest BCUT2D eigenvalue weighted by Crippen LogP contribution is -2.30. The van der Waals surface area contributed by atoms with Crippen molar-refractivity contribution in [3.05, 3.63) is 0 Å². The molecule has 126 valence electrons. The molecule has 1 aromatic rings. The molecule has 1 aromatic heterocycles. The number of nitrogens with zero attached hydrogens (tertiary/aromatic N) is 3. The number of hydrogen-bond acceptors (Lipinski definition) is 6.